The number of halogens is 3. The molecule has 0 aliphatic heterocycles. The van der Waals surface area contributed by atoms with Crippen LogP contribution in [0.2, 0.25) is 0 Å². The molecular formula is C14H11F3N6. The number of rotatable bonds is 4. The Morgan fingerprint density at radius 1 is 1.04 bits per heavy atom. The summed E-state index contributed by atoms with van der Waals surface area (Å²) in [6.07, 6.45) is -0.111. The predicted octanol–water partition coefficient (Wildman–Crippen LogP) is 2.88. The summed E-state index contributed by atoms with van der Waals surface area (Å²) in [5.41, 5.74) is -0.194. The third-order valence-corrected chi connectivity index (χ3v) is 2.88. The standard InChI is InChI=1S/C14H11F3N6/c15-14(16,17)11-4-7-19-13(20-11)21-12-5-8-23(22-12)9-10-3-1-2-6-18-10/h1-8H,9H2,(H,19,20,21,22). The van der Waals surface area contributed by atoms with Crippen molar-refractivity contribution in [2.45, 2.75) is 12.7 Å². The maximum Gasteiger partial charge on any atom is 0.433 e. The van der Waals surface area contributed by atoms with Gasteiger partial charge in [0.25, 0.3) is 0 Å². The van der Waals surface area contributed by atoms with Gasteiger partial charge in [-0.15, -0.1) is 0 Å². The van der Waals surface area contributed by atoms with Crippen LogP contribution in [0.15, 0.2) is 48.9 Å². The first-order valence-electron chi connectivity index (χ1n) is 6.61. The SMILES string of the molecule is FC(F)(F)c1ccnc(Nc2ccn(Cc3ccccn3)n2)n1. The van der Waals surface area contributed by atoms with Crippen molar-refractivity contribution in [3.8, 4) is 0 Å². The normalized spacial score (nSPS) is 11.4. The monoisotopic (exact) mass is 320 g/mol. The first kappa shape index (κ1) is 14.9. The maximum atomic E-state index is 12.6. The first-order valence-corrected chi connectivity index (χ1v) is 6.61. The zero-order valence-corrected chi connectivity index (χ0v) is 11.7. The summed E-state index contributed by atoms with van der Waals surface area (Å²) in [6, 6.07) is 7.95. The Balaban J connectivity index is 1.72. The fourth-order valence-electron chi connectivity index (χ4n) is 1.87. The Bertz CT molecular complexity index is 784. The Hall–Kier alpha value is -2.97. The van der Waals surface area contributed by atoms with Gasteiger partial charge in [0.05, 0.1) is 12.2 Å². The highest BCUT2D eigenvalue weighted by molar-refractivity contribution is 5.46. The van der Waals surface area contributed by atoms with E-state index in [9.17, 15) is 13.2 Å². The summed E-state index contributed by atoms with van der Waals surface area (Å²) in [5, 5.41) is 6.84. The van der Waals surface area contributed by atoms with E-state index in [1.54, 1.807) is 23.1 Å². The summed E-state index contributed by atoms with van der Waals surface area (Å²) in [6.45, 7) is 0.450. The molecule has 0 unspecified atom stereocenters. The van der Waals surface area contributed by atoms with Crippen molar-refractivity contribution in [1.82, 2.24) is 24.7 Å². The third-order valence-electron chi connectivity index (χ3n) is 2.88. The molecule has 9 heteroatoms. The van der Waals surface area contributed by atoms with Crippen molar-refractivity contribution in [2.24, 2.45) is 0 Å². The van der Waals surface area contributed by atoms with E-state index >= 15 is 0 Å². The average molecular weight is 320 g/mol. The molecule has 0 radical (unpaired) electrons. The lowest BCUT2D eigenvalue weighted by molar-refractivity contribution is -0.141. The van der Waals surface area contributed by atoms with Crippen LogP contribution in [0.3, 0.4) is 0 Å². The van der Waals surface area contributed by atoms with Crippen LogP contribution in [0, 0.1) is 0 Å². The van der Waals surface area contributed by atoms with Crippen LogP contribution in [0.5, 0.6) is 0 Å². The molecule has 1 N–H and O–H groups in total. The molecular weight excluding hydrogens is 309 g/mol. The minimum Gasteiger partial charge on any atom is -0.307 e. The van der Waals surface area contributed by atoms with Gasteiger partial charge in [0.1, 0.15) is 5.69 Å². The number of alkyl halides is 3. The van der Waals surface area contributed by atoms with Crippen LogP contribution in [0.25, 0.3) is 0 Å². The van der Waals surface area contributed by atoms with E-state index in [0.717, 1.165) is 18.0 Å². The van der Waals surface area contributed by atoms with Crippen molar-refractivity contribution < 1.29 is 13.2 Å². The van der Waals surface area contributed by atoms with E-state index in [1.165, 1.54) is 0 Å². The van der Waals surface area contributed by atoms with E-state index in [0.29, 0.717) is 12.4 Å². The van der Waals surface area contributed by atoms with Gasteiger partial charge in [0.2, 0.25) is 5.95 Å². The molecule has 0 spiro atoms. The second kappa shape index (κ2) is 6.03. The van der Waals surface area contributed by atoms with E-state index in [4.69, 9.17) is 0 Å². The van der Waals surface area contributed by atoms with Crippen molar-refractivity contribution in [1.29, 1.82) is 0 Å². The van der Waals surface area contributed by atoms with Crippen LogP contribution < -0.4 is 5.32 Å². The number of hydrogen-bond acceptors (Lipinski definition) is 5. The van der Waals surface area contributed by atoms with Crippen molar-refractivity contribution in [3.63, 3.8) is 0 Å². The zero-order chi connectivity index (χ0) is 16.3. The largest absolute Gasteiger partial charge is 0.433 e. The molecule has 0 aromatic carbocycles. The molecule has 3 aromatic rings. The molecule has 3 heterocycles. The molecule has 118 valence electrons. The minimum absolute atomic E-state index is 0.164. The minimum atomic E-state index is -4.52. The molecule has 3 rings (SSSR count). The van der Waals surface area contributed by atoms with Gasteiger partial charge in [0.15, 0.2) is 5.82 Å². The highest BCUT2D eigenvalue weighted by Crippen LogP contribution is 2.27. The highest BCUT2D eigenvalue weighted by atomic mass is 19.4. The fraction of sp³-hybridized carbons (Fsp3) is 0.143. The van der Waals surface area contributed by atoms with Gasteiger partial charge < -0.3 is 5.32 Å². The van der Waals surface area contributed by atoms with E-state index in [1.807, 2.05) is 18.2 Å². The summed E-state index contributed by atoms with van der Waals surface area (Å²) in [5.74, 6) is 0.183. The van der Waals surface area contributed by atoms with E-state index < -0.39 is 11.9 Å². The maximum absolute atomic E-state index is 12.6. The molecule has 0 saturated carbocycles. The van der Waals surface area contributed by atoms with Crippen LogP contribution >= 0.6 is 0 Å². The molecule has 0 aliphatic carbocycles. The topological polar surface area (TPSA) is 68.5 Å². The van der Waals surface area contributed by atoms with Crippen LogP contribution in [-0.4, -0.2) is 24.7 Å². The van der Waals surface area contributed by atoms with Gasteiger partial charge in [-0.3, -0.25) is 9.67 Å². The average Bonchev–Trinajstić information content (AvgIpc) is 2.95. The Kier molecular flexibility index (Phi) is 3.92. The molecule has 0 saturated heterocycles. The van der Waals surface area contributed by atoms with Crippen molar-refractivity contribution in [3.05, 3.63) is 60.3 Å². The molecule has 0 bridgehead atoms. The summed E-state index contributed by atoms with van der Waals surface area (Å²) in [7, 11) is 0. The van der Waals surface area contributed by atoms with Gasteiger partial charge >= 0.3 is 6.18 Å². The second-order valence-corrected chi connectivity index (χ2v) is 4.61. The predicted molar refractivity (Wildman–Crippen MR) is 75.9 cm³/mol. The molecule has 0 atom stereocenters. The Morgan fingerprint density at radius 2 is 1.91 bits per heavy atom. The quantitative estimate of drug-likeness (QED) is 0.800. The summed E-state index contributed by atoms with van der Waals surface area (Å²) >= 11 is 0. The van der Waals surface area contributed by atoms with Gasteiger partial charge in [-0.05, 0) is 18.2 Å². The number of anilines is 2. The molecule has 0 aliphatic rings. The van der Waals surface area contributed by atoms with Crippen LogP contribution in [0.4, 0.5) is 24.9 Å². The number of hydrogen-bond donors (Lipinski definition) is 1. The Morgan fingerprint density at radius 3 is 2.65 bits per heavy atom. The molecule has 0 fully saturated rings. The van der Waals surface area contributed by atoms with Crippen LogP contribution in [0.1, 0.15) is 11.4 Å². The smallest absolute Gasteiger partial charge is 0.307 e. The van der Waals surface area contributed by atoms with Crippen LogP contribution in [-0.2, 0) is 12.7 Å². The van der Waals surface area contributed by atoms with Gasteiger partial charge in [-0.2, -0.15) is 18.3 Å². The molecule has 0 amide bonds. The number of aromatic nitrogens is 5. The molecule has 23 heavy (non-hydrogen) atoms. The molecule has 6 nitrogen and oxygen atoms in total. The van der Waals surface area contributed by atoms with Gasteiger partial charge in [0, 0.05) is 24.7 Å². The van der Waals surface area contributed by atoms with Gasteiger partial charge in [-0.25, -0.2) is 9.97 Å². The summed E-state index contributed by atoms with van der Waals surface area (Å²) in [4.78, 5) is 11.4. The van der Waals surface area contributed by atoms with E-state index in [2.05, 4.69) is 25.4 Å². The summed E-state index contributed by atoms with van der Waals surface area (Å²) < 4.78 is 39.4. The number of pyridine rings is 1. The number of nitrogens with one attached hydrogen (secondary N) is 1. The first-order chi connectivity index (χ1) is 11.0. The fourth-order valence-corrected chi connectivity index (χ4v) is 1.87. The lowest BCUT2D eigenvalue weighted by Gasteiger charge is -2.07. The highest BCUT2D eigenvalue weighted by Gasteiger charge is 2.32. The Labute approximate surface area is 129 Å². The lowest BCUT2D eigenvalue weighted by atomic mass is 10.3. The molecule has 3 aromatic heterocycles. The second-order valence-electron chi connectivity index (χ2n) is 4.61. The lowest BCUT2D eigenvalue weighted by Crippen LogP contribution is -2.10. The van der Waals surface area contributed by atoms with E-state index in [-0.39, 0.29) is 5.95 Å². The zero-order valence-electron chi connectivity index (χ0n) is 11.7. The number of nitrogens with zero attached hydrogens (tertiary/aromatic N) is 5. The van der Waals surface area contributed by atoms with Gasteiger partial charge in [-0.1, -0.05) is 6.07 Å². The third kappa shape index (κ3) is 3.82. The van der Waals surface area contributed by atoms with Crippen molar-refractivity contribution in [2.75, 3.05) is 5.32 Å². The van der Waals surface area contributed by atoms with Crippen molar-refractivity contribution >= 4 is 11.8 Å².